The second-order valence-electron chi connectivity index (χ2n) is 6.33. The number of benzene rings is 1. The quantitative estimate of drug-likeness (QED) is 0.719. The number of piperidine rings is 1. The Hall–Kier alpha value is -3.02. The molecule has 1 saturated heterocycles. The summed E-state index contributed by atoms with van der Waals surface area (Å²) in [5, 5.41) is 0.856. The lowest BCUT2D eigenvalue weighted by atomic mass is 10.1. The number of carbonyl (C=O) groups is 1. The predicted molar refractivity (Wildman–Crippen MR) is 96.6 cm³/mol. The summed E-state index contributed by atoms with van der Waals surface area (Å²) < 4.78 is 16.9. The summed E-state index contributed by atoms with van der Waals surface area (Å²) in [6, 6.07) is 10.9. The summed E-state index contributed by atoms with van der Waals surface area (Å²) in [6.07, 6.45) is 5.19. The molecule has 1 aliphatic heterocycles. The van der Waals surface area contributed by atoms with Crippen molar-refractivity contribution in [3.05, 3.63) is 54.6 Å². The van der Waals surface area contributed by atoms with Gasteiger partial charge in [-0.1, -0.05) is 0 Å². The van der Waals surface area contributed by atoms with E-state index in [1.54, 1.807) is 30.5 Å². The first-order valence-electron chi connectivity index (χ1n) is 8.66. The van der Waals surface area contributed by atoms with E-state index in [-0.39, 0.29) is 12.0 Å². The number of ether oxygens (including phenoxy) is 2. The van der Waals surface area contributed by atoms with Crippen LogP contribution in [0.25, 0.3) is 11.0 Å². The highest BCUT2D eigenvalue weighted by molar-refractivity contribution is 5.96. The number of likely N-dealkylation sites (tertiary alicyclic amines) is 1. The summed E-state index contributed by atoms with van der Waals surface area (Å²) in [4.78, 5) is 18.6. The molecule has 1 aromatic carbocycles. The molecule has 4 rings (SSSR count). The zero-order valence-corrected chi connectivity index (χ0v) is 14.6. The number of carbonyl (C=O) groups excluding carboxylic acids is 1. The van der Waals surface area contributed by atoms with Gasteiger partial charge in [-0.3, -0.25) is 9.78 Å². The molecule has 26 heavy (non-hydrogen) atoms. The molecule has 0 saturated carbocycles. The van der Waals surface area contributed by atoms with Crippen molar-refractivity contribution in [3.8, 4) is 11.5 Å². The van der Waals surface area contributed by atoms with Gasteiger partial charge in [0, 0.05) is 24.3 Å². The van der Waals surface area contributed by atoms with E-state index in [9.17, 15) is 4.79 Å². The summed E-state index contributed by atoms with van der Waals surface area (Å²) in [7, 11) is 1.62. The van der Waals surface area contributed by atoms with Crippen molar-refractivity contribution < 1.29 is 18.7 Å². The molecule has 6 heteroatoms. The molecule has 3 heterocycles. The second kappa shape index (κ2) is 7.07. The Bertz CT molecular complexity index is 907. The van der Waals surface area contributed by atoms with Crippen molar-refractivity contribution in [1.29, 1.82) is 0 Å². The normalized spacial score (nSPS) is 17.3. The fourth-order valence-electron chi connectivity index (χ4n) is 3.24. The first kappa shape index (κ1) is 16.4. The fourth-order valence-corrected chi connectivity index (χ4v) is 3.24. The van der Waals surface area contributed by atoms with Gasteiger partial charge in [0.05, 0.1) is 13.7 Å². The predicted octanol–water partition coefficient (Wildman–Crippen LogP) is 3.52. The molecule has 134 valence electrons. The standard InChI is InChI=1S/C20H20N2O4/c1-24-16-4-5-18-14(11-16)12-19(26-18)20(23)22-10-2-3-17(13-22)25-15-6-8-21-9-7-15/h4-9,11-12,17H,2-3,10,13H2,1H3. The van der Waals surface area contributed by atoms with Gasteiger partial charge in [-0.25, -0.2) is 0 Å². The van der Waals surface area contributed by atoms with Gasteiger partial charge in [-0.05, 0) is 49.2 Å². The van der Waals surface area contributed by atoms with Crippen LogP contribution in [0.3, 0.4) is 0 Å². The maximum absolute atomic E-state index is 12.9. The Labute approximate surface area is 151 Å². The van der Waals surface area contributed by atoms with Crippen molar-refractivity contribution in [2.75, 3.05) is 20.2 Å². The highest BCUT2D eigenvalue weighted by Crippen LogP contribution is 2.26. The lowest BCUT2D eigenvalue weighted by Gasteiger charge is -2.32. The van der Waals surface area contributed by atoms with E-state index in [0.29, 0.717) is 24.4 Å². The smallest absolute Gasteiger partial charge is 0.289 e. The molecule has 0 aliphatic carbocycles. The molecule has 2 aromatic heterocycles. The molecule has 1 fully saturated rings. The maximum atomic E-state index is 12.9. The molecule has 1 unspecified atom stereocenters. The van der Waals surface area contributed by atoms with Crippen LogP contribution >= 0.6 is 0 Å². The average Bonchev–Trinajstić information content (AvgIpc) is 3.11. The van der Waals surface area contributed by atoms with Crippen LogP contribution in [0, 0.1) is 0 Å². The van der Waals surface area contributed by atoms with E-state index >= 15 is 0 Å². The van der Waals surface area contributed by atoms with Crippen LogP contribution in [0.4, 0.5) is 0 Å². The van der Waals surface area contributed by atoms with E-state index < -0.39 is 0 Å². The number of aromatic nitrogens is 1. The maximum Gasteiger partial charge on any atom is 0.289 e. The molecule has 3 aromatic rings. The summed E-state index contributed by atoms with van der Waals surface area (Å²) in [6.45, 7) is 1.25. The van der Waals surface area contributed by atoms with Gasteiger partial charge in [0.25, 0.3) is 5.91 Å². The first-order valence-corrected chi connectivity index (χ1v) is 8.66. The van der Waals surface area contributed by atoms with Gasteiger partial charge in [0.2, 0.25) is 0 Å². The fraction of sp³-hybridized carbons (Fsp3) is 0.300. The number of methoxy groups -OCH3 is 1. The van der Waals surface area contributed by atoms with Crippen molar-refractivity contribution in [2.24, 2.45) is 0 Å². The molecule has 0 radical (unpaired) electrons. The van der Waals surface area contributed by atoms with Crippen LogP contribution in [0.2, 0.25) is 0 Å². The van der Waals surface area contributed by atoms with E-state index in [2.05, 4.69) is 4.98 Å². The molecule has 0 bridgehead atoms. The summed E-state index contributed by atoms with van der Waals surface area (Å²) >= 11 is 0. The van der Waals surface area contributed by atoms with Crippen molar-refractivity contribution in [2.45, 2.75) is 18.9 Å². The Morgan fingerprint density at radius 1 is 1.19 bits per heavy atom. The van der Waals surface area contributed by atoms with Crippen LogP contribution in [-0.4, -0.2) is 42.1 Å². The molecule has 1 atom stereocenters. The van der Waals surface area contributed by atoms with Crippen LogP contribution in [0.1, 0.15) is 23.4 Å². The summed E-state index contributed by atoms with van der Waals surface area (Å²) in [5.41, 5.74) is 0.677. The Morgan fingerprint density at radius 3 is 2.85 bits per heavy atom. The number of rotatable bonds is 4. The average molecular weight is 352 g/mol. The van der Waals surface area contributed by atoms with Gasteiger partial charge in [-0.2, -0.15) is 0 Å². The third-order valence-electron chi connectivity index (χ3n) is 4.55. The van der Waals surface area contributed by atoms with Gasteiger partial charge in [0.15, 0.2) is 5.76 Å². The lowest BCUT2D eigenvalue weighted by molar-refractivity contribution is 0.0512. The van der Waals surface area contributed by atoms with Gasteiger partial charge < -0.3 is 18.8 Å². The van der Waals surface area contributed by atoms with Gasteiger partial charge in [0.1, 0.15) is 23.2 Å². The Morgan fingerprint density at radius 2 is 2.04 bits per heavy atom. The van der Waals surface area contributed by atoms with Gasteiger partial charge >= 0.3 is 0 Å². The SMILES string of the molecule is COc1ccc2oc(C(=O)N3CCCC(Oc4ccncc4)C3)cc2c1. The van der Waals surface area contributed by atoms with E-state index in [1.165, 1.54) is 0 Å². The van der Waals surface area contributed by atoms with Crippen molar-refractivity contribution in [1.82, 2.24) is 9.88 Å². The van der Waals surface area contributed by atoms with Crippen molar-refractivity contribution >= 4 is 16.9 Å². The monoisotopic (exact) mass is 352 g/mol. The number of nitrogens with zero attached hydrogens (tertiary/aromatic N) is 2. The molecule has 1 amide bonds. The summed E-state index contributed by atoms with van der Waals surface area (Å²) in [5.74, 6) is 1.75. The number of hydrogen-bond donors (Lipinski definition) is 0. The van der Waals surface area contributed by atoms with E-state index in [4.69, 9.17) is 13.9 Å². The zero-order valence-electron chi connectivity index (χ0n) is 14.6. The molecular formula is C20H20N2O4. The minimum atomic E-state index is -0.108. The number of pyridine rings is 1. The third kappa shape index (κ3) is 3.35. The lowest BCUT2D eigenvalue weighted by Crippen LogP contribution is -2.44. The number of fused-ring (bicyclic) bond motifs is 1. The molecule has 6 nitrogen and oxygen atoms in total. The number of furan rings is 1. The molecule has 0 spiro atoms. The topological polar surface area (TPSA) is 64.8 Å². The van der Waals surface area contributed by atoms with Gasteiger partial charge in [-0.15, -0.1) is 0 Å². The van der Waals surface area contributed by atoms with Crippen molar-refractivity contribution in [3.63, 3.8) is 0 Å². The van der Waals surface area contributed by atoms with Crippen LogP contribution in [0.5, 0.6) is 11.5 Å². The third-order valence-corrected chi connectivity index (χ3v) is 4.55. The van der Waals surface area contributed by atoms with E-state index in [1.807, 2.05) is 30.3 Å². The highest BCUT2D eigenvalue weighted by atomic mass is 16.5. The highest BCUT2D eigenvalue weighted by Gasteiger charge is 2.27. The largest absolute Gasteiger partial charge is 0.497 e. The Balaban J connectivity index is 1.48. The van der Waals surface area contributed by atoms with Crippen LogP contribution in [-0.2, 0) is 0 Å². The molecule has 0 N–H and O–H groups in total. The zero-order chi connectivity index (χ0) is 17.9. The number of hydrogen-bond acceptors (Lipinski definition) is 5. The van der Waals surface area contributed by atoms with E-state index in [0.717, 1.165) is 29.7 Å². The first-order chi connectivity index (χ1) is 12.7. The number of amides is 1. The van der Waals surface area contributed by atoms with Crippen LogP contribution in [0.15, 0.2) is 53.2 Å². The van der Waals surface area contributed by atoms with Crippen LogP contribution < -0.4 is 9.47 Å². The minimum absolute atomic E-state index is 0.0282. The minimum Gasteiger partial charge on any atom is -0.497 e. The molecule has 1 aliphatic rings. The Kier molecular flexibility index (Phi) is 4.48. The second-order valence-corrected chi connectivity index (χ2v) is 6.33. The molecular weight excluding hydrogens is 332 g/mol.